The first kappa shape index (κ1) is 21.4. The topological polar surface area (TPSA) is 57.0 Å². The van der Waals surface area contributed by atoms with Crippen LogP contribution in [0.2, 0.25) is 0 Å². The summed E-state index contributed by atoms with van der Waals surface area (Å²) in [6.45, 7) is 5.34. The van der Waals surface area contributed by atoms with E-state index in [0.29, 0.717) is 35.1 Å². The molecule has 2 heterocycles. The summed E-state index contributed by atoms with van der Waals surface area (Å²) in [4.78, 5) is 7.00. The molecule has 0 N–H and O–H groups in total. The number of aromatic nitrogens is 1. The maximum absolute atomic E-state index is 13.1. The molecule has 0 radical (unpaired) electrons. The molecule has 1 fully saturated rings. The Kier molecular flexibility index (Phi) is 6.51. The Hall–Kier alpha value is -3.42. The molecule has 0 bridgehead atoms. The first-order valence-corrected chi connectivity index (χ1v) is 11.1. The van der Waals surface area contributed by atoms with Gasteiger partial charge in [-0.1, -0.05) is 0 Å². The van der Waals surface area contributed by atoms with Gasteiger partial charge in [0.1, 0.15) is 28.6 Å². The predicted octanol–water partition coefficient (Wildman–Crippen LogP) is 5.53. The first-order valence-electron chi connectivity index (χ1n) is 11.1. The van der Waals surface area contributed by atoms with Gasteiger partial charge in [-0.25, -0.2) is 9.37 Å². The molecular weight excluding hydrogens is 423 g/mol. The number of benzene rings is 3. The number of morpholine rings is 1. The molecule has 3 aromatic carbocycles. The summed E-state index contributed by atoms with van der Waals surface area (Å²) in [5.74, 6) is 2.22. The lowest BCUT2D eigenvalue weighted by Gasteiger charge is -2.26. The molecule has 1 aromatic heterocycles. The van der Waals surface area contributed by atoms with Crippen LogP contribution in [-0.2, 0) is 4.74 Å². The van der Waals surface area contributed by atoms with Crippen molar-refractivity contribution in [3.05, 3.63) is 72.5 Å². The van der Waals surface area contributed by atoms with Crippen molar-refractivity contribution in [3.63, 3.8) is 0 Å². The lowest BCUT2D eigenvalue weighted by atomic mass is 10.2. The van der Waals surface area contributed by atoms with E-state index in [1.807, 2.05) is 30.3 Å². The molecule has 5 rings (SSSR count). The molecule has 0 spiro atoms. The summed E-state index contributed by atoms with van der Waals surface area (Å²) in [5.41, 5.74) is 2.22. The van der Waals surface area contributed by atoms with Gasteiger partial charge in [0.25, 0.3) is 0 Å². The van der Waals surface area contributed by atoms with Crippen LogP contribution in [0.25, 0.3) is 22.6 Å². The molecule has 1 aliphatic rings. The molecule has 33 heavy (non-hydrogen) atoms. The van der Waals surface area contributed by atoms with Crippen LogP contribution in [-0.4, -0.2) is 49.3 Å². The van der Waals surface area contributed by atoms with E-state index < -0.39 is 0 Å². The van der Waals surface area contributed by atoms with Crippen molar-refractivity contribution < 1.29 is 23.0 Å². The molecule has 6 nitrogen and oxygen atoms in total. The Labute approximate surface area is 191 Å². The van der Waals surface area contributed by atoms with Crippen molar-refractivity contribution >= 4 is 11.1 Å². The van der Waals surface area contributed by atoms with Crippen molar-refractivity contribution in [3.8, 4) is 28.7 Å². The average molecular weight is 448 g/mol. The van der Waals surface area contributed by atoms with Gasteiger partial charge in [-0.2, -0.15) is 0 Å². The molecule has 1 aliphatic heterocycles. The molecule has 0 saturated carbocycles. The van der Waals surface area contributed by atoms with Crippen LogP contribution in [0.3, 0.4) is 0 Å². The number of fused-ring (bicyclic) bond motifs is 1. The maximum Gasteiger partial charge on any atom is 0.227 e. The third kappa shape index (κ3) is 5.50. The number of oxazole rings is 1. The van der Waals surface area contributed by atoms with Gasteiger partial charge in [0.05, 0.1) is 19.8 Å². The van der Waals surface area contributed by atoms with E-state index >= 15 is 0 Å². The zero-order valence-corrected chi connectivity index (χ0v) is 18.2. The second-order valence-electron chi connectivity index (χ2n) is 7.88. The Morgan fingerprint density at radius 3 is 2.39 bits per heavy atom. The molecule has 0 amide bonds. The van der Waals surface area contributed by atoms with Gasteiger partial charge in [0.2, 0.25) is 5.89 Å². The van der Waals surface area contributed by atoms with Crippen molar-refractivity contribution in [2.75, 3.05) is 39.5 Å². The zero-order valence-electron chi connectivity index (χ0n) is 18.2. The Bertz CT molecular complexity index is 1190. The normalized spacial score (nSPS) is 14.5. The third-order valence-corrected chi connectivity index (χ3v) is 5.50. The minimum Gasteiger partial charge on any atom is -0.494 e. The predicted molar refractivity (Wildman–Crippen MR) is 123 cm³/mol. The smallest absolute Gasteiger partial charge is 0.227 e. The monoisotopic (exact) mass is 448 g/mol. The average Bonchev–Trinajstić information content (AvgIpc) is 3.28. The van der Waals surface area contributed by atoms with E-state index in [0.717, 1.165) is 50.6 Å². The molecule has 170 valence electrons. The van der Waals surface area contributed by atoms with E-state index in [9.17, 15) is 4.39 Å². The number of hydrogen-bond donors (Lipinski definition) is 0. The van der Waals surface area contributed by atoms with Crippen LogP contribution in [0.1, 0.15) is 6.42 Å². The highest BCUT2D eigenvalue weighted by Crippen LogP contribution is 2.30. The first-order chi connectivity index (χ1) is 16.2. The quantitative estimate of drug-likeness (QED) is 0.331. The van der Waals surface area contributed by atoms with Crippen LogP contribution >= 0.6 is 0 Å². The van der Waals surface area contributed by atoms with E-state index in [1.54, 1.807) is 24.3 Å². The summed E-state index contributed by atoms with van der Waals surface area (Å²) >= 11 is 0. The minimum absolute atomic E-state index is 0.302. The number of hydrogen-bond acceptors (Lipinski definition) is 6. The summed E-state index contributed by atoms with van der Waals surface area (Å²) in [7, 11) is 0. The number of halogens is 1. The summed E-state index contributed by atoms with van der Waals surface area (Å²) < 4.78 is 36.0. The van der Waals surface area contributed by atoms with Crippen molar-refractivity contribution in [2.24, 2.45) is 0 Å². The number of rotatable bonds is 8. The second-order valence-corrected chi connectivity index (χ2v) is 7.88. The minimum atomic E-state index is -0.302. The maximum atomic E-state index is 13.1. The standard InChI is InChI=1S/C26H25FN2O4/c27-20-4-8-22(9-5-20)32-23-10-11-25-24(18-23)28-26(33-25)19-2-6-21(7-3-19)31-15-1-12-29-13-16-30-17-14-29/h2-11,18H,1,12-17H2. The highest BCUT2D eigenvalue weighted by atomic mass is 19.1. The van der Waals surface area contributed by atoms with Crippen LogP contribution in [0.15, 0.2) is 71.1 Å². The Morgan fingerprint density at radius 1 is 0.879 bits per heavy atom. The SMILES string of the molecule is Fc1ccc(Oc2ccc3oc(-c4ccc(OCCCN5CCOCC5)cc4)nc3c2)cc1. The third-order valence-electron chi connectivity index (χ3n) is 5.50. The summed E-state index contributed by atoms with van der Waals surface area (Å²) in [6.07, 6.45) is 0.981. The number of nitrogens with zero attached hydrogens (tertiary/aromatic N) is 2. The summed E-state index contributed by atoms with van der Waals surface area (Å²) in [5, 5.41) is 0. The molecule has 0 unspecified atom stereocenters. The van der Waals surface area contributed by atoms with E-state index in [1.165, 1.54) is 12.1 Å². The van der Waals surface area contributed by atoms with Gasteiger partial charge in [0.15, 0.2) is 5.58 Å². The van der Waals surface area contributed by atoms with Crippen LogP contribution in [0, 0.1) is 5.82 Å². The van der Waals surface area contributed by atoms with Crippen LogP contribution in [0.4, 0.5) is 4.39 Å². The van der Waals surface area contributed by atoms with Crippen molar-refractivity contribution in [2.45, 2.75) is 6.42 Å². The van der Waals surface area contributed by atoms with E-state index in [2.05, 4.69) is 9.88 Å². The zero-order chi connectivity index (χ0) is 22.5. The van der Waals surface area contributed by atoms with E-state index in [4.69, 9.17) is 18.6 Å². The highest BCUT2D eigenvalue weighted by molar-refractivity contribution is 5.78. The van der Waals surface area contributed by atoms with Gasteiger partial charge in [-0.15, -0.1) is 0 Å². The summed E-state index contributed by atoms with van der Waals surface area (Å²) in [6, 6.07) is 19.1. The van der Waals surface area contributed by atoms with Crippen LogP contribution < -0.4 is 9.47 Å². The molecule has 1 saturated heterocycles. The van der Waals surface area contributed by atoms with Crippen LogP contribution in [0.5, 0.6) is 17.2 Å². The fraction of sp³-hybridized carbons (Fsp3) is 0.269. The van der Waals surface area contributed by atoms with Crippen molar-refractivity contribution in [1.29, 1.82) is 0 Å². The van der Waals surface area contributed by atoms with Gasteiger partial charge < -0.3 is 18.6 Å². The largest absolute Gasteiger partial charge is 0.494 e. The van der Waals surface area contributed by atoms with Gasteiger partial charge in [0, 0.05) is 31.3 Å². The molecule has 7 heteroatoms. The van der Waals surface area contributed by atoms with Gasteiger partial charge in [-0.3, -0.25) is 4.90 Å². The lowest BCUT2D eigenvalue weighted by molar-refractivity contribution is 0.0358. The van der Waals surface area contributed by atoms with Crippen molar-refractivity contribution in [1.82, 2.24) is 9.88 Å². The van der Waals surface area contributed by atoms with Gasteiger partial charge >= 0.3 is 0 Å². The second kappa shape index (κ2) is 10.0. The molecular formula is C26H25FN2O4. The molecule has 0 aliphatic carbocycles. The van der Waals surface area contributed by atoms with Gasteiger partial charge in [-0.05, 0) is 67.1 Å². The fourth-order valence-corrected chi connectivity index (χ4v) is 3.73. The fourth-order valence-electron chi connectivity index (χ4n) is 3.73. The molecule has 0 atom stereocenters. The highest BCUT2D eigenvalue weighted by Gasteiger charge is 2.11. The van der Waals surface area contributed by atoms with E-state index in [-0.39, 0.29) is 5.82 Å². The number of ether oxygens (including phenoxy) is 3. The lowest BCUT2D eigenvalue weighted by Crippen LogP contribution is -2.37. The Morgan fingerprint density at radius 2 is 1.61 bits per heavy atom. The molecule has 4 aromatic rings. The Balaban J connectivity index is 1.19.